The Morgan fingerprint density at radius 3 is 3.18 bits per heavy atom. The molecule has 2 saturated carbocycles. The maximum atomic E-state index is 2.39. The molecule has 3 unspecified atom stereocenters. The van der Waals surface area contributed by atoms with E-state index in [0.717, 1.165) is 17.8 Å². The van der Waals surface area contributed by atoms with Gasteiger partial charge < -0.3 is 0 Å². The van der Waals surface area contributed by atoms with E-state index in [1.165, 1.54) is 25.7 Å². The average molecular weight is 146 g/mol. The van der Waals surface area contributed by atoms with Crippen molar-refractivity contribution in [3.8, 4) is 0 Å². The summed E-state index contributed by atoms with van der Waals surface area (Å²) in [7, 11) is 0. The Morgan fingerprint density at radius 2 is 2.27 bits per heavy atom. The smallest absolute Gasteiger partial charge is 0.0134 e. The first-order valence-electron chi connectivity index (χ1n) is 4.82. The molecule has 3 aliphatic rings. The zero-order valence-electron chi connectivity index (χ0n) is 6.79. The first-order valence-corrected chi connectivity index (χ1v) is 4.82. The van der Waals surface area contributed by atoms with Crippen molar-refractivity contribution in [3.63, 3.8) is 0 Å². The number of rotatable bonds is 0. The Hall–Kier alpha value is -0.520. The summed E-state index contributed by atoms with van der Waals surface area (Å²) >= 11 is 0. The van der Waals surface area contributed by atoms with E-state index in [1.54, 1.807) is 5.57 Å². The van der Waals surface area contributed by atoms with Crippen molar-refractivity contribution < 1.29 is 0 Å². The SMILES string of the molecule is C1=CCC2C(=C1)C1CCC2C1. The molecular formula is C11H14. The Balaban J connectivity index is 2.02. The van der Waals surface area contributed by atoms with Crippen molar-refractivity contribution in [1.82, 2.24) is 0 Å². The van der Waals surface area contributed by atoms with Crippen LogP contribution in [-0.2, 0) is 0 Å². The zero-order valence-corrected chi connectivity index (χ0v) is 6.79. The van der Waals surface area contributed by atoms with Gasteiger partial charge in [0.1, 0.15) is 0 Å². The third-order valence-corrected chi connectivity index (χ3v) is 3.76. The highest BCUT2D eigenvalue weighted by molar-refractivity contribution is 5.29. The van der Waals surface area contributed by atoms with Crippen LogP contribution >= 0.6 is 0 Å². The molecule has 0 saturated heterocycles. The molecule has 2 fully saturated rings. The van der Waals surface area contributed by atoms with Crippen LogP contribution in [0.5, 0.6) is 0 Å². The summed E-state index contributed by atoms with van der Waals surface area (Å²) in [5.74, 6) is 3.03. The Morgan fingerprint density at radius 1 is 1.27 bits per heavy atom. The van der Waals surface area contributed by atoms with E-state index in [2.05, 4.69) is 18.2 Å². The molecule has 58 valence electrons. The molecule has 0 aromatic carbocycles. The number of hydrogen-bond acceptors (Lipinski definition) is 0. The highest BCUT2D eigenvalue weighted by Crippen LogP contribution is 2.54. The molecule has 0 heterocycles. The molecule has 0 heteroatoms. The average Bonchev–Trinajstić information content (AvgIpc) is 2.64. The fraction of sp³-hybridized carbons (Fsp3) is 0.636. The van der Waals surface area contributed by atoms with Crippen LogP contribution in [0.15, 0.2) is 23.8 Å². The van der Waals surface area contributed by atoms with Gasteiger partial charge in [-0.3, -0.25) is 0 Å². The molecule has 0 aromatic heterocycles. The molecule has 0 spiro atoms. The van der Waals surface area contributed by atoms with Crippen LogP contribution in [0.2, 0.25) is 0 Å². The lowest BCUT2D eigenvalue weighted by Crippen LogP contribution is -2.14. The van der Waals surface area contributed by atoms with Gasteiger partial charge in [0.25, 0.3) is 0 Å². The Kier molecular flexibility index (Phi) is 1.10. The van der Waals surface area contributed by atoms with Crippen LogP contribution in [0.3, 0.4) is 0 Å². The van der Waals surface area contributed by atoms with E-state index >= 15 is 0 Å². The maximum Gasteiger partial charge on any atom is -0.0134 e. The van der Waals surface area contributed by atoms with Crippen LogP contribution in [0.4, 0.5) is 0 Å². The van der Waals surface area contributed by atoms with Crippen molar-refractivity contribution >= 4 is 0 Å². The Bertz CT molecular complexity index is 234. The van der Waals surface area contributed by atoms with Gasteiger partial charge in [-0.25, -0.2) is 0 Å². The van der Waals surface area contributed by atoms with Crippen LogP contribution in [0.25, 0.3) is 0 Å². The summed E-state index contributed by atoms with van der Waals surface area (Å²) in [5, 5.41) is 0. The van der Waals surface area contributed by atoms with Crippen molar-refractivity contribution in [2.45, 2.75) is 25.7 Å². The lowest BCUT2D eigenvalue weighted by atomic mass is 9.80. The summed E-state index contributed by atoms with van der Waals surface area (Å²) in [6, 6.07) is 0. The normalized spacial score (nSPS) is 45.8. The molecule has 0 nitrogen and oxygen atoms in total. The third kappa shape index (κ3) is 0.702. The minimum atomic E-state index is 0.971. The van der Waals surface area contributed by atoms with Crippen molar-refractivity contribution in [3.05, 3.63) is 23.8 Å². The van der Waals surface area contributed by atoms with Gasteiger partial charge in [-0.05, 0) is 43.4 Å². The fourth-order valence-electron chi connectivity index (χ4n) is 3.25. The van der Waals surface area contributed by atoms with E-state index in [1.807, 2.05) is 0 Å². The summed E-state index contributed by atoms with van der Waals surface area (Å²) in [4.78, 5) is 0. The van der Waals surface area contributed by atoms with E-state index in [0.29, 0.717) is 0 Å². The van der Waals surface area contributed by atoms with E-state index in [9.17, 15) is 0 Å². The predicted molar refractivity (Wildman–Crippen MR) is 46.2 cm³/mol. The molecular weight excluding hydrogens is 132 g/mol. The van der Waals surface area contributed by atoms with Gasteiger partial charge in [0.2, 0.25) is 0 Å². The highest BCUT2D eigenvalue weighted by Gasteiger charge is 2.42. The number of fused-ring (bicyclic) bond motifs is 5. The summed E-state index contributed by atoms with van der Waals surface area (Å²) in [5.41, 5.74) is 1.80. The van der Waals surface area contributed by atoms with Crippen LogP contribution < -0.4 is 0 Å². The van der Waals surface area contributed by atoms with Crippen molar-refractivity contribution in [1.29, 1.82) is 0 Å². The quantitative estimate of drug-likeness (QED) is 0.493. The van der Waals surface area contributed by atoms with Gasteiger partial charge in [0.05, 0.1) is 0 Å². The summed E-state index contributed by atoms with van der Waals surface area (Å²) < 4.78 is 0. The highest BCUT2D eigenvalue weighted by atomic mass is 14.5. The van der Waals surface area contributed by atoms with Crippen molar-refractivity contribution in [2.24, 2.45) is 17.8 Å². The standard InChI is InChI=1S/C11H14/c1-2-4-11-9-6-5-8(7-9)10(11)3-1/h1-3,8-9,11H,4-7H2. The van der Waals surface area contributed by atoms with Crippen LogP contribution in [-0.4, -0.2) is 0 Å². The summed E-state index contributed by atoms with van der Waals surface area (Å²) in [6.45, 7) is 0. The number of hydrogen-bond donors (Lipinski definition) is 0. The van der Waals surface area contributed by atoms with Gasteiger partial charge in [0.15, 0.2) is 0 Å². The second kappa shape index (κ2) is 2.00. The second-order valence-corrected chi connectivity index (χ2v) is 4.21. The Labute approximate surface area is 68.0 Å². The van der Waals surface area contributed by atoms with E-state index < -0.39 is 0 Å². The van der Waals surface area contributed by atoms with E-state index in [4.69, 9.17) is 0 Å². The lowest BCUT2D eigenvalue weighted by molar-refractivity contribution is 0.406. The van der Waals surface area contributed by atoms with Gasteiger partial charge in [-0.2, -0.15) is 0 Å². The molecule has 0 N–H and O–H groups in total. The molecule has 2 bridgehead atoms. The predicted octanol–water partition coefficient (Wildman–Crippen LogP) is 2.92. The van der Waals surface area contributed by atoms with Gasteiger partial charge in [-0.15, -0.1) is 0 Å². The molecule has 3 atom stereocenters. The van der Waals surface area contributed by atoms with Crippen LogP contribution in [0.1, 0.15) is 25.7 Å². The molecule has 3 aliphatic carbocycles. The molecule has 0 aromatic rings. The lowest BCUT2D eigenvalue weighted by Gasteiger charge is -2.25. The molecule has 11 heavy (non-hydrogen) atoms. The zero-order chi connectivity index (χ0) is 7.26. The minimum absolute atomic E-state index is 0.971. The molecule has 0 amide bonds. The van der Waals surface area contributed by atoms with Gasteiger partial charge in [0, 0.05) is 0 Å². The third-order valence-electron chi connectivity index (χ3n) is 3.76. The first-order chi connectivity index (χ1) is 5.45. The molecule has 0 aliphatic heterocycles. The van der Waals surface area contributed by atoms with Crippen LogP contribution in [0, 0.1) is 17.8 Å². The fourth-order valence-corrected chi connectivity index (χ4v) is 3.25. The second-order valence-electron chi connectivity index (χ2n) is 4.21. The number of allylic oxidation sites excluding steroid dienone is 4. The monoisotopic (exact) mass is 146 g/mol. The van der Waals surface area contributed by atoms with Gasteiger partial charge in [-0.1, -0.05) is 23.8 Å². The molecule has 3 rings (SSSR count). The van der Waals surface area contributed by atoms with E-state index in [-0.39, 0.29) is 0 Å². The largest absolute Gasteiger partial charge is 0.0839 e. The maximum absolute atomic E-state index is 2.39. The van der Waals surface area contributed by atoms with Crippen molar-refractivity contribution in [2.75, 3.05) is 0 Å². The van der Waals surface area contributed by atoms with Gasteiger partial charge >= 0.3 is 0 Å². The summed E-state index contributed by atoms with van der Waals surface area (Å²) in [6.07, 6.45) is 12.8. The minimum Gasteiger partial charge on any atom is -0.0839 e. The first kappa shape index (κ1) is 6.05. The molecule has 0 radical (unpaired) electrons. The topological polar surface area (TPSA) is 0 Å².